The van der Waals surface area contributed by atoms with E-state index >= 15 is 0 Å². The molecule has 2 aromatic rings. The Morgan fingerprint density at radius 1 is 1.40 bits per heavy atom. The van der Waals surface area contributed by atoms with Crippen molar-refractivity contribution in [1.29, 1.82) is 0 Å². The predicted molar refractivity (Wildman–Crippen MR) is 97.6 cm³/mol. The molecule has 5 nitrogen and oxygen atoms in total. The lowest BCUT2D eigenvalue weighted by molar-refractivity contribution is 0.0954. The highest BCUT2D eigenvalue weighted by atomic mass is 16.5. The summed E-state index contributed by atoms with van der Waals surface area (Å²) in [5, 5.41) is 4.09. The van der Waals surface area contributed by atoms with Crippen LogP contribution in [-0.4, -0.2) is 24.8 Å². The van der Waals surface area contributed by atoms with Crippen LogP contribution >= 0.6 is 0 Å². The molecule has 1 atom stereocenters. The summed E-state index contributed by atoms with van der Waals surface area (Å²) in [4.78, 5) is 12.2. The SMILES string of the molecule is CCOc1cc2c(cc1/C=N\NC(=O)c1ccccc1C)O[C@H](C)C2. The maximum atomic E-state index is 12.2. The maximum Gasteiger partial charge on any atom is 0.271 e. The van der Waals surface area contributed by atoms with Crippen LogP contribution in [0.15, 0.2) is 41.5 Å². The number of hydrazone groups is 1. The molecule has 1 aliphatic rings. The van der Waals surface area contributed by atoms with Crippen LogP contribution in [0, 0.1) is 6.92 Å². The first-order valence-electron chi connectivity index (χ1n) is 8.44. The minimum Gasteiger partial charge on any atom is -0.493 e. The van der Waals surface area contributed by atoms with Crippen LogP contribution in [0.2, 0.25) is 0 Å². The maximum absolute atomic E-state index is 12.2. The van der Waals surface area contributed by atoms with Gasteiger partial charge in [-0.3, -0.25) is 4.79 Å². The molecule has 0 saturated carbocycles. The van der Waals surface area contributed by atoms with Crippen LogP contribution in [0.5, 0.6) is 11.5 Å². The van der Waals surface area contributed by atoms with E-state index in [9.17, 15) is 4.79 Å². The summed E-state index contributed by atoms with van der Waals surface area (Å²) in [6, 6.07) is 11.3. The monoisotopic (exact) mass is 338 g/mol. The summed E-state index contributed by atoms with van der Waals surface area (Å²) in [7, 11) is 0. The molecule has 1 heterocycles. The van der Waals surface area contributed by atoms with E-state index in [4.69, 9.17) is 9.47 Å². The molecule has 1 N–H and O–H groups in total. The number of amides is 1. The second-order valence-corrected chi connectivity index (χ2v) is 6.08. The zero-order chi connectivity index (χ0) is 17.8. The Hall–Kier alpha value is -2.82. The van der Waals surface area contributed by atoms with Crippen molar-refractivity contribution in [1.82, 2.24) is 5.43 Å². The van der Waals surface area contributed by atoms with E-state index in [1.807, 2.05) is 51.1 Å². The van der Waals surface area contributed by atoms with Gasteiger partial charge in [0.25, 0.3) is 5.91 Å². The number of rotatable bonds is 5. The largest absolute Gasteiger partial charge is 0.493 e. The zero-order valence-corrected chi connectivity index (χ0v) is 14.7. The van der Waals surface area contributed by atoms with E-state index in [0.29, 0.717) is 12.2 Å². The highest BCUT2D eigenvalue weighted by Gasteiger charge is 2.21. The standard InChI is InChI=1S/C20H22N2O3/c1-4-24-18-10-15-9-14(3)25-19(15)11-16(18)12-21-22-20(23)17-8-6-5-7-13(17)2/h5-8,10-12,14H,4,9H2,1-3H3,(H,22,23)/b21-12-/t14-/m1/s1. The minimum absolute atomic E-state index is 0.164. The van der Waals surface area contributed by atoms with Gasteiger partial charge in [0.1, 0.15) is 17.6 Å². The van der Waals surface area contributed by atoms with Crippen LogP contribution in [-0.2, 0) is 6.42 Å². The number of ether oxygens (including phenoxy) is 2. The molecule has 2 aromatic carbocycles. The van der Waals surface area contributed by atoms with Gasteiger partial charge in [-0.25, -0.2) is 5.43 Å². The fourth-order valence-electron chi connectivity index (χ4n) is 2.88. The molecule has 0 aliphatic carbocycles. The van der Waals surface area contributed by atoms with Crippen LogP contribution in [0.4, 0.5) is 0 Å². The Morgan fingerprint density at radius 2 is 2.20 bits per heavy atom. The molecule has 0 fully saturated rings. The molecule has 0 bridgehead atoms. The average molecular weight is 338 g/mol. The van der Waals surface area contributed by atoms with E-state index < -0.39 is 0 Å². The molecule has 0 radical (unpaired) electrons. The first-order valence-corrected chi connectivity index (χ1v) is 8.44. The summed E-state index contributed by atoms with van der Waals surface area (Å²) >= 11 is 0. The van der Waals surface area contributed by atoms with Crippen molar-refractivity contribution in [3.8, 4) is 11.5 Å². The number of nitrogens with zero attached hydrogens (tertiary/aromatic N) is 1. The Balaban J connectivity index is 1.78. The van der Waals surface area contributed by atoms with Crippen molar-refractivity contribution < 1.29 is 14.3 Å². The van der Waals surface area contributed by atoms with Crippen molar-refractivity contribution in [2.45, 2.75) is 33.3 Å². The molecule has 0 unspecified atom stereocenters. The number of aryl methyl sites for hydroxylation is 1. The van der Waals surface area contributed by atoms with Crippen molar-refractivity contribution >= 4 is 12.1 Å². The third kappa shape index (κ3) is 3.82. The van der Waals surface area contributed by atoms with Crippen molar-refractivity contribution in [2.75, 3.05) is 6.61 Å². The fraction of sp³-hybridized carbons (Fsp3) is 0.300. The number of nitrogens with one attached hydrogen (secondary N) is 1. The molecule has 0 aromatic heterocycles. The number of hydrogen-bond acceptors (Lipinski definition) is 4. The first kappa shape index (κ1) is 17.0. The Bertz CT molecular complexity index is 815. The van der Waals surface area contributed by atoms with Gasteiger partial charge in [0.05, 0.1) is 12.8 Å². The Kier molecular flexibility index (Phi) is 5.03. The molecule has 1 amide bonds. The number of carbonyl (C=O) groups excluding carboxylic acids is 1. The molecule has 25 heavy (non-hydrogen) atoms. The van der Waals surface area contributed by atoms with Gasteiger partial charge in [0, 0.05) is 23.1 Å². The van der Waals surface area contributed by atoms with Crippen LogP contribution in [0.25, 0.3) is 0 Å². The Labute approximate surface area is 147 Å². The number of hydrogen-bond donors (Lipinski definition) is 1. The van der Waals surface area contributed by atoms with Gasteiger partial charge in [-0.05, 0) is 44.5 Å². The topological polar surface area (TPSA) is 59.9 Å². The molecule has 0 saturated heterocycles. The second-order valence-electron chi connectivity index (χ2n) is 6.08. The van der Waals surface area contributed by atoms with Gasteiger partial charge in [-0.1, -0.05) is 18.2 Å². The van der Waals surface area contributed by atoms with Crippen molar-refractivity contribution in [3.05, 3.63) is 58.7 Å². The molecule has 3 rings (SSSR count). The predicted octanol–water partition coefficient (Wildman–Crippen LogP) is 3.48. The lowest BCUT2D eigenvalue weighted by Gasteiger charge is -2.09. The Morgan fingerprint density at radius 3 is 2.96 bits per heavy atom. The summed E-state index contributed by atoms with van der Waals surface area (Å²) in [6.45, 7) is 6.43. The summed E-state index contributed by atoms with van der Waals surface area (Å²) in [5.74, 6) is 1.36. The van der Waals surface area contributed by atoms with E-state index in [1.54, 1.807) is 12.3 Å². The van der Waals surface area contributed by atoms with Crippen molar-refractivity contribution in [3.63, 3.8) is 0 Å². The number of carbonyl (C=O) groups is 1. The number of fused-ring (bicyclic) bond motifs is 1. The smallest absolute Gasteiger partial charge is 0.271 e. The van der Waals surface area contributed by atoms with Crippen molar-refractivity contribution in [2.24, 2.45) is 5.10 Å². The highest BCUT2D eigenvalue weighted by molar-refractivity contribution is 5.96. The quantitative estimate of drug-likeness (QED) is 0.671. The minimum atomic E-state index is -0.238. The lowest BCUT2D eigenvalue weighted by Crippen LogP contribution is -2.18. The molecule has 0 spiro atoms. The fourth-order valence-corrected chi connectivity index (χ4v) is 2.88. The van der Waals surface area contributed by atoms with Crippen LogP contribution in [0.1, 0.15) is 40.9 Å². The normalized spacial score (nSPS) is 15.7. The van der Waals surface area contributed by atoms with Gasteiger partial charge in [-0.15, -0.1) is 0 Å². The van der Waals surface area contributed by atoms with E-state index in [1.165, 1.54) is 0 Å². The second kappa shape index (κ2) is 7.38. The number of benzene rings is 2. The summed E-state index contributed by atoms with van der Waals surface area (Å²) < 4.78 is 11.5. The van der Waals surface area contributed by atoms with Gasteiger partial charge in [0.2, 0.25) is 0 Å². The van der Waals surface area contributed by atoms with E-state index in [0.717, 1.165) is 34.6 Å². The third-order valence-corrected chi connectivity index (χ3v) is 4.09. The zero-order valence-electron chi connectivity index (χ0n) is 14.7. The molecular formula is C20H22N2O3. The first-order chi connectivity index (χ1) is 12.1. The lowest BCUT2D eigenvalue weighted by atomic mass is 10.1. The van der Waals surface area contributed by atoms with E-state index in [-0.39, 0.29) is 12.0 Å². The van der Waals surface area contributed by atoms with E-state index in [2.05, 4.69) is 10.5 Å². The highest BCUT2D eigenvalue weighted by Crippen LogP contribution is 2.34. The van der Waals surface area contributed by atoms with Gasteiger partial charge in [0.15, 0.2) is 0 Å². The molecule has 130 valence electrons. The van der Waals surface area contributed by atoms with Gasteiger partial charge in [-0.2, -0.15) is 5.10 Å². The van der Waals surface area contributed by atoms with Gasteiger partial charge < -0.3 is 9.47 Å². The van der Waals surface area contributed by atoms with Crippen LogP contribution < -0.4 is 14.9 Å². The summed E-state index contributed by atoms with van der Waals surface area (Å²) in [6.07, 6.45) is 2.63. The van der Waals surface area contributed by atoms with Crippen LogP contribution in [0.3, 0.4) is 0 Å². The molecule has 5 heteroatoms. The molecular weight excluding hydrogens is 316 g/mol. The molecule has 1 aliphatic heterocycles. The van der Waals surface area contributed by atoms with Gasteiger partial charge >= 0.3 is 0 Å². The summed E-state index contributed by atoms with van der Waals surface area (Å²) in [5.41, 5.74) is 6.00. The average Bonchev–Trinajstić information content (AvgIpc) is 2.94. The third-order valence-electron chi connectivity index (χ3n) is 4.09.